The van der Waals surface area contributed by atoms with E-state index in [0.29, 0.717) is 12.5 Å². The number of hydrogen-bond acceptors (Lipinski definition) is 2. The van der Waals surface area contributed by atoms with Gasteiger partial charge in [0.15, 0.2) is 0 Å². The van der Waals surface area contributed by atoms with Gasteiger partial charge in [0, 0.05) is 19.6 Å². The number of carbonyl (C=O) groups excluding carboxylic acids is 1. The standard InChI is InChI=1S/C12H26N2O/c1-7-12(5,8-13)11(15)14(6)10(4)9(2)3/h9-10H,7-8,13H2,1-6H3. The van der Waals surface area contributed by atoms with E-state index in [0.717, 1.165) is 6.42 Å². The van der Waals surface area contributed by atoms with Crippen molar-refractivity contribution in [3.8, 4) is 0 Å². The molecule has 0 aliphatic rings. The maximum atomic E-state index is 12.2. The molecular formula is C12H26N2O. The van der Waals surface area contributed by atoms with Crippen LogP contribution in [-0.4, -0.2) is 30.4 Å². The van der Waals surface area contributed by atoms with Gasteiger partial charge in [-0.2, -0.15) is 0 Å². The Morgan fingerprint density at radius 3 is 2.13 bits per heavy atom. The first-order valence-electron chi connectivity index (χ1n) is 5.77. The van der Waals surface area contributed by atoms with Crippen LogP contribution in [0.2, 0.25) is 0 Å². The van der Waals surface area contributed by atoms with Crippen LogP contribution in [0.5, 0.6) is 0 Å². The monoisotopic (exact) mass is 214 g/mol. The fraction of sp³-hybridized carbons (Fsp3) is 0.917. The molecule has 0 fully saturated rings. The molecule has 0 aliphatic heterocycles. The molecule has 0 aromatic rings. The lowest BCUT2D eigenvalue weighted by Gasteiger charge is -2.35. The first-order chi connectivity index (χ1) is 6.80. The number of amides is 1. The first-order valence-corrected chi connectivity index (χ1v) is 5.77. The van der Waals surface area contributed by atoms with E-state index in [9.17, 15) is 4.79 Å². The third-order valence-corrected chi connectivity index (χ3v) is 3.64. The minimum Gasteiger partial charge on any atom is -0.342 e. The zero-order chi connectivity index (χ0) is 12.2. The SMILES string of the molecule is CCC(C)(CN)C(=O)N(C)C(C)C(C)C. The van der Waals surface area contributed by atoms with Crippen LogP contribution in [-0.2, 0) is 4.79 Å². The molecule has 90 valence electrons. The predicted molar refractivity (Wildman–Crippen MR) is 64.5 cm³/mol. The van der Waals surface area contributed by atoms with Crippen molar-refractivity contribution >= 4 is 5.91 Å². The zero-order valence-corrected chi connectivity index (χ0v) is 11.0. The average Bonchev–Trinajstić information content (AvgIpc) is 2.24. The normalized spacial score (nSPS) is 17.3. The Kier molecular flexibility index (Phi) is 5.29. The summed E-state index contributed by atoms with van der Waals surface area (Å²) in [6, 6.07) is 0.259. The molecule has 0 bridgehead atoms. The van der Waals surface area contributed by atoms with Gasteiger partial charge in [-0.1, -0.05) is 20.8 Å². The largest absolute Gasteiger partial charge is 0.342 e. The highest BCUT2D eigenvalue weighted by atomic mass is 16.2. The van der Waals surface area contributed by atoms with Gasteiger partial charge >= 0.3 is 0 Å². The highest BCUT2D eigenvalue weighted by Gasteiger charge is 2.34. The Morgan fingerprint density at radius 1 is 1.40 bits per heavy atom. The molecule has 1 amide bonds. The highest BCUT2D eigenvalue weighted by Crippen LogP contribution is 2.24. The van der Waals surface area contributed by atoms with Crippen LogP contribution in [0.4, 0.5) is 0 Å². The third kappa shape index (κ3) is 3.20. The smallest absolute Gasteiger partial charge is 0.229 e. The van der Waals surface area contributed by atoms with Crippen molar-refractivity contribution in [3.05, 3.63) is 0 Å². The van der Waals surface area contributed by atoms with Crippen LogP contribution >= 0.6 is 0 Å². The van der Waals surface area contributed by atoms with Crippen LogP contribution < -0.4 is 5.73 Å². The zero-order valence-electron chi connectivity index (χ0n) is 11.0. The summed E-state index contributed by atoms with van der Waals surface area (Å²) in [5.41, 5.74) is 5.28. The number of nitrogens with two attached hydrogens (primary N) is 1. The van der Waals surface area contributed by atoms with Gasteiger partial charge in [0.25, 0.3) is 0 Å². The summed E-state index contributed by atoms with van der Waals surface area (Å²) < 4.78 is 0. The van der Waals surface area contributed by atoms with Crippen molar-refractivity contribution in [3.63, 3.8) is 0 Å². The van der Waals surface area contributed by atoms with Crippen LogP contribution in [0.3, 0.4) is 0 Å². The second kappa shape index (κ2) is 5.50. The summed E-state index contributed by atoms with van der Waals surface area (Å²) in [4.78, 5) is 14.1. The van der Waals surface area contributed by atoms with Gasteiger partial charge in [0.1, 0.15) is 0 Å². The second-order valence-corrected chi connectivity index (χ2v) is 5.02. The summed E-state index contributed by atoms with van der Waals surface area (Å²) in [7, 11) is 1.87. The third-order valence-electron chi connectivity index (χ3n) is 3.64. The number of nitrogens with zero attached hydrogens (tertiary/aromatic N) is 1. The van der Waals surface area contributed by atoms with E-state index in [1.54, 1.807) is 0 Å². The van der Waals surface area contributed by atoms with Gasteiger partial charge in [0.2, 0.25) is 5.91 Å². The molecule has 0 rings (SSSR count). The molecule has 2 unspecified atom stereocenters. The minimum atomic E-state index is -0.405. The first kappa shape index (κ1) is 14.4. The fourth-order valence-electron chi connectivity index (χ4n) is 1.44. The molecule has 0 radical (unpaired) electrons. The lowest BCUT2D eigenvalue weighted by atomic mass is 9.85. The molecule has 3 heteroatoms. The summed E-state index contributed by atoms with van der Waals surface area (Å²) in [5.74, 6) is 0.631. The van der Waals surface area contributed by atoms with Crippen LogP contribution in [0, 0.1) is 11.3 Å². The molecule has 0 saturated carbocycles. The van der Waals surface area contributed by atoms with E-state index in [-0.39, 0.29) is 11.9 Å². The van der Waals surface area contributed by atoms with E-state index in [2.05, 4.69) is 20.8 Å². The molecule has 0 spiro atoms. The Labute approximate surface area is 94.0 Å². The Bertz CT molecular complexity index is 210. The minimum absolute atomic E-state index is 0.161. The molecular weight excluding hydrogens is 188 g/mol. The lowest BCUT2D eigenvalue weighted by Crippen LogP contribution is -2.48. The summed E-state index contributed by atoms with van der Waals surface area (Å²) >= 11 is 0. The Morgan fingerprint density at radius 2 is 1.87 bits per heavy atom. The number of hydrogen-bond donors (Lipinski definition) is 1. The lowest BCUT2D eigenvalue weighted by molar-refractivity contribution is -0.142. The number of carbonyl (C=O) groups is 1. The van der Waals surface area contributed by atoms with Crippen molar-refractivity contribution in [1.29, 1.82) is 0 Å². The summed E-state index contributed by atoms with van der Waals surface area (Å²) in [6.45, 7) is 10.7. The average molecular weight is 214 g/mol. The quantitative estimate of drug-likeness (QED) is 0.759. The van der Waals surface area contributed by atoms with E-state index in [1.807, 2.05) is 25.8 Å². The van der Waals surface area contributed by atoms with Crippen LogP contribution in [0.15, 0.2) is 0 Å². The molecule has 15 heavy (non-hydrogen) atoms. The van der Waals surface area contributed by atoms with Crippen molar-refractivity contribution in [1.82, 2.24) is 4.90 Å². The second-order valence-electron chi connectivity index (χ2n) is 5.02. The molecule has 2 atom stereocenters. The Hall–Kier alpha value is -0.570. The predicted octanol–water partition coefficient (Wildman–Crippen LogP) is 1.86. The van der Waals surface area contributed by atoms with E-state index < -0.39 is 5.41 Å². The molecule has 0 aromatic heterocycles. The molecule has 0 saturated heterocycles. The van der Waals surface area contributed by atoms with Crippen molar-refractivity contribution in [2.75, 3.05) is 13.6 Å². The molecule has 2 N–H and O–H groups in total. The Balaban J connectivity index is 4.70. The molecule has 3 nitrogen and oxygen atoms in total. The topological polar surface area (TPSA) is 46.3 Å². The highest BCUT2D eigenvalue weighted by molar-refractivity contribution is 5.82. The van der Waals surface area contributed by atoms with Gasteiger partial charge in [0.05, 0.1) is 5.41 Å². The summed E-state index contributed by atoms with van der Waals surface area (Å²) in [5, 5.41) is 0. The van der Waals surface area contributed by atoms with Gasteiger partial charge < -0.3 is 10.6 Å². The van der Waals surface area contributed by atoms with Crippen molar-refractivity contribution < 1.29 is 4.79 Å². The van der Waals surface area contributed by atoms with Crippen molar-refractivity contribution in [2.24, 2.45) is 17.1 Å². The van der Waals surface area contributed by atoms with Gasteiger partial charge in [-0.25, -0.2) is 0 Å². The van der Waals surface area contributed by atoms with Gasteiger partial charge in [-0.3, -0.25) is 4.79 Å². The van der Waals surface area contributed by atoms with Gasteiger partial charge in [-0.05, 0) is 26.2 Å². The van der Waals surface area contributed by atoms with Gasteiger partial charge in [-0.15, -0.1) is 0 Å². The maximum absolute atomic E-state index is 12.2. The molecule has 0 heterocycles. The molecule has 0 aromatic carbocycles. The van der Waals surface area contributed by atoms with Crippen LogP contribution in [0.25, 0.3) is 0 Å². The summed E-state index contributed by atoms with van der Waals surface area (Å²) in [6.07, 6.45) is 0.789. The van der Waals surface area contributed by atoms with Crippen LogP contribution in [0.1, 0.15) is 41.0 Å². The van der Waals surface area contributed by atoms with E-state index in [1.165, 1.54) is 0 Å². The molecule has 0 aliphatic carbocycles. The number of rotatable bonds is 5. The fourth-order valence-corrected chi connectivity index (χ4v) is 1.44. The van der Waals surface area contributed by atoms with Crippen molar-refractivity contribution in [2.45, 2.75) is 47.1 Å². The van der Waals surface area contributed by atoms with E-state index in [4.69, 9.17) is 5.73 Å². The maximum Gasteiger partial charge on any atom is 0.229 e. The van der Waals surface area contributed by atoms with E-state index >= 15 is 0 Å².